The van der Waals surface area contributed by atoms with E-state index in [-0.39, 0.29) is 36.8 Å². The summed E-state index contributed by atoms with van der Waals surface area (Å²) < 4.78 is 30.8. The maximum absolute atomic E-state index is 14.0. The van der Waals surface area contributed by atoms with Gasteiger partial charge < -0.3 is 20.5 Å². The Balaban J connectivity index is 1.68. The summed E-state index contributed by atoms with van der Waals surface area (Å²) in [4.78, 5) is 31.5. The minimum absolute atomic E-state index is 0.00666. The number of carbonyl (C=O) groups is 1. The normalized spacial score (nSPS) is 14.4. The van der Waals surface area contributed by atoms with Crippen LogP contribution in [-0.2, 0) is 30.0 Å². The number of nitrogens with one attached hydrogen (secondary N) is 1. The number of ether oxygens (including phenoxy) is 2. The molecular weight excluding hydrogens is 509 g/mol. The van der Waals surface area contributed by atoms with Gasteiger partial charge in [-0.25, -0.2) is 13.8 Å². The van der Waals surface area contributed by atoms with Crippen LogP contribution >= 0.6 is 11.9 Å². The van der Waals surface area contributed by atoms with Gasteiger partial charge in [0, 0.05) is 35.2 Å². The number of nitrogens with two attached hydrogens (primary N) is 1. The van der Waals surface area contributed by atoms with E-state index in [1.54, 1.807) is 13.8 Å². The summed E-state index contributed by atoms with van der Waals surface area (Å²) in [6, 6.07) is 13.4. The Morgan fingerprint density at radius 1 is 1.34 bits per heavy atom. The number of aromatic nitrogens is 2. The molecule has 0 aliphatic carbocycles. The standard InChI is InChI=1S/C27H28FN5O4S/c1-27(2)26-32-22(23(25(35)33(26)11-12-37-27)36-15-17-7-5-4-6-8-17)24(34)31-14-18-9-10-19(28)13-20(18)21(29)16-38-30-3/h4-10,13,16H,3,11-12,14-15,29H2,1-2H3,(H,31,34)/b21-16-. The second-order valence-electron chi connectivity index (χ2n) is 8.99. The van der Waals surface area contributed by atoms with Crippen LogP contribution in [0.2, 0.25) is 0 Å². The molecule has 3 N–H and O–H groups in total. The minimum atomic E-state index is -0.884. The summed E-state index contributed by atoms with van der Waals surface area (Å²) in [5, 5.41) is 4.29. The molecule has 11 heteroatoms. The molecule has 1 aliphatic rings. The molecular formula is C27H28FN5O4S. The molecule has 198 valence electrons. The van der Waals surface area contributed by atoms with Gasteiger partial charge in [-0.1, -0.05) is 36.4 Å². The van der Waals surface area contributed by atoms with E-state index >= 15 is 0 Å². The van der Waals surface area contributed by atoms with Crippen LogP contribution in [0.1, 0.15) is 46.9 Å². The van der Waals surface area contributed by atoms with Crippen LogP contribution in [-0.4, -0.2) is 28.8 Å². The van der Waals surface area contributed by atoms with Crippen LogP contribution in [0.15, 0.2) is 63.1 Å². The van der Waals surface area contributed by atoms with Crippen LogP contribution in [0.4, 0.5) is 4.39 Å². The lowest BCUT2D eigenvalue weighted by atomic mass is 10.0. The van der Waals surface area contributed by atoms with E-state index < -0.39 is 22.9 Å². The fourth-order valence-corrected chi connectivity index (χ4v) is 4.38. The number of hydrogen-bond donors (Lipinski definition) is 2. The largest absolute Gasteiger partial charge is 0.481 e. The molecule has 0 spiro atoms. The van der Waals surface area contributed by atoms with Gasteiger partial charge in [0.25, 0.3) is 11.5 Å². The molecule has 9 nitrogen and oxygen atoms in total. The third-order valence-electron chi connectivity index (χ3n) is 5.96. The van der Waals surface area contributed by atoms with Gasteiger partial charge in [-0.05, 0) is 43.8 Å². The fraction of sp³-hybridized carbons (Fsp3) is 0.259. The topological polar surface area (TPSA) is 121 Å². The van der Waals surface area contributed by atoms with Gasteiger partial charge in [0.15, 0.2) is 5.69 Å². The maximum atomic E-state index is 14.0. The van der Waals surface area contributed by atoms with Crippen molar-refractivity contribution < 1.29 is 18.7 Å². The molecule has 0 radical (unpaired) electrons. The molecule has 0 atom stereocenters. The van der Waals surface area contributed by atoms with Crippen molar-refractivity contribution >= 4 is 30.3 Å². The first-order valence-corrected chi connectivity index (χ1v) is 12.7. The first-order valence-electron chi connectivity index (χ1n) is 11.8. The van der Waals surface area contributed by atoms with E-state index in [4.69, 9.17) is 15.2 Å². The van der Waals surface area contributed by atoms with E-state index in [1.807, 2.05) is 30.3 Å². The van der Waals surface area contributed by atoms with Gasteiger partial charge in [-0.2, -0.15) is 0 Å². The van der Waals surface area contributed by atoms with Gasteiger partial charge in [0.1, 0.15) is 23.8 Å². The van der Waals surface area contributed by atoms with Crippen LogP contribution < -0.4 is 21.3 Å². The molecule has 0 unspecified atom stereocenters. The van der Waals surface area contributed by atoms with Gasteiger partial charge in [0.2, 0.25) is 5.75 Å². The zero-order chi connectivity index (χ0) is 27.3. The summed E-state index contributed by atoms with van der Waals surface area (Å²) in [6.07, 6.45) is 0. The molecule has 38 heavy (non-hydrogen) atoms. The van der Waals surface area contributed by atoms with Crippen molar-refractivity contribution in [1.82, 2.24) is 14.9 Å². The molecule has 0 saturated carbocycles. The summed E-state index contributed by atoms with van der Waals surface area (Å²) >= 11 is 1.01. The number of hydrogen-bond acceptors (Lipinski definition) is 8. The van der Waals surface area contributed by atoms with E-state index in [0.717, 1.165) is 17.5 Å². The van der Waals surface area contributed by atoms with Crippen LogP contribution in [0, 0.1) is 5.82 Å². The molecule has 0 bridgehead atoms. The Kier molecular flexibility index (Phi) is 8.28. The number of carbonyl (C=O) groups excluding carboxylic acids is 1. The van der Waals surface area contributed by atoms with Gasteiger partial charge in [0.05, 0.1) is 13.2 Å². The molecule has 3 aromatic rings. The molecule has 1 aliphatic heterocycles. The first-order chi connectivity index (χ1) is 18.2. The molecule has 1 aromatic heterocycles. The highest BCUT2D eigenvalue weighted by molar-refractivity contribution is 8.01. The van der Waals surface area contributed by atoms with Crippen LogP contribution in [0.3, 0.4) is 0 Å². The van der Waals surface area contributed by atoms with Crippen molar-refractivity contribution in [3.05, 3.63) is 98.3 Å². The van der Waals surface area contributed by atoms with Gasteiger partial charge in [-0.3, -0.25) is 14.2 Å². The summed E-state index contributed by atoms with van der Waals surface area (Å²) in [5.41, 5.74) is 6.64. The molecule has 1 amide bonds. The van der Waals surface area contributed by atoms with Crippen LogP contribution in [0.5, 0.6) is 5.75 Å². The van der Waals surface area contributed by atoms with Crippen molar-refractivity contribution in [3.63, 3.8) is 0 Å². The lowest BCUT2D eigenvalue weighted by Gasteiger charge is -2.32. The van der Waals surface area contributed by atoms with E-state index in [1.165, 1.54) is 28.2 Å². The Hall–Kier alpha value is -3.96. The average molecular weight is 538 g/mol. The van der Waals surface area contributed by atoms with E-state index in [0.29, 0.717) is 23.6 Å². The molecule has 2 aromatic carbocycles. The average Bonchev–Trinajstić information content (AvgIpc) is 2.90. The monoisotopic (exact) mass is 537 g/mol. The maximum Gasteiger partial charge on any atom is 0.296 e. The predicted molar refractivity (Wildman–Crippen MR) is 145 cm³/mol. The predicted octanol–water partition coefficient (Wildman–Crippen LogP) is 3.76. The van der Waals surface area contributed by atoms with E-state index in [9.17, 15) is 14.0 Å². The Labute approximate surface area is 223 Å². The lowest BCUT2D eigenvalue weighted by molar-refractivity contribution is -0.0567. The summed E-state index contributed by atoms with van der Waals surface area (Å²) in [7, 11) is 0. The number of rotatable bonds is 9. The Bertz CT molecular complexity index is 1440. The van der Waals surface area contributed by atoms with Crippen molar-refractivity contribution in [3.8, 4) is 5.75 Å². The highest BCUT2D eigenvalue weighted by atomic mass is 32.2. The quantitative estimate of drug-likeness (QED) is 0.315. The molecule has 4 rings (SSSR count). The zero-order valence-electron chi connectivity index (χ0n) is 21.1. The van der Waals surface area contributed by atoms with Gasteiger partial charge in [-0.15, -0.1) is 0 Å². The highest BCUT2D eigenvalue weighted by Crippen LogP contribution is 2.28. The number of halogens is 1. The van der Waals surface area contributed by atoms with Crippen molar-refractivity contribution in [2.45, 2.75) is 39.1 Å². The number of benzene rings is 2. The molecule has 0 fully saturated rings. The van der Waals surface area contributed by atoms with Crippen molar-refractivity contribution in [2.24, 2.45) is 10.1 Å². The van der Waals surface area contributed by atoms with Crippen molar-refractivity contribution in [2.75, 3.05) is 6.61 Å². The van der Waals surface area contributed by atoms with E-state index in [2.05, 4.69) is 21.4 Å². The smallest absolute Gasteiger partial charge is 0.296 e. The van der Waals surface area contributed by atoms with Crippen LogP contribution in [0.25, 0.3) is 5.70 Å². The fourth-order valence-electron chi connectivity index (χ4n) is 4.06. The van der Waals surface area contributed by atoms with Gasteiger partial charge >= 0.3 is 0 Å². The second-order valence-corrected chi connectivity index (χ2v) is 9.70. The van der Waals surface area contributed by atoms with Crippen molar-refractivity contribution in [1.29, 1.82) is 0 Å². The Morgan fingerprint density at radius 3 is 2.84 bits per heavy atom. The third-order valence-corrected chi connectivity index (χ3v) is 6.47. The summed E-state index contributed by atoms with van der Waals surface area (Å²) in [5.74, 6) is -0.935. The molecule has 2 heterocycles. The first kappa shape index (κ1) is 27.1. The Morgan fingerprint density at radius 2 is 2.11 bits per heavy atom. The second kappa shape index (κ2) is 11.6. The zero-order valence-corrected chi connectivity index (χ0v) is 21.9. The lowest BCUT2D eigenvalue weighted by Crippen LogP contribution is -2.43. The number of nitrogens with zero attached hydrogens (tertiary/aromatic N) is 3. The highest BCUT2D eigenvalue weighted by Gasteiger charge is 2.35. The molecule has 0 saturated heterocycles. The number of amides is 1. The summed E-state index contributed by atoms with van der Waals surface area (Å²) in [6.45, 7) is 7.63. The number of fused-ring (bicyclic) bond motifs is 1. The minimum Gasteiger partial charge on any atom is -0.481 e. The SMILES string of the molecule is C=NS/C=C(\N)c1cc(F)ccc1CNC(=O)c1nc2n(c(=O)c1OCc1ccccc1)CCOC2(C)C. The third kappa shape index (κ3) is 5.95.